The fraction of sp³-hybridized carbons (Fsp3) is 0.241. The summed E-state index contributed by atoms with van der Waals surface area (Å²) in [6.45, 7) is 3.17. The van der Waals surface area contributed by atoms with Gasteiger partial charge in [0.05, 0.1) is 12.0 Å². The number of carbonyl (C=O) groups is 1. The smallest absolute Gasteiger partial charge is 0.314 e. The van der Waals surface area contributed by atoms with Crippen molar-refractivity contribution < 1.29 is 19.2 Å². The first-order valence-corrected chi connectivity index (χ1v) is 11.8. The molecule has 4 aromatic rings. The fourth-order valence-electron chi connectivity index (χ4n) is 4.48. The van der Waals surface area contributed by atoms with E-state index in [9.17, 15) is 9.90 Å². The predicted molar refractivity (Wildman–Crippen MR) is 136 cm³/mol. The second kappa shape index (κ2) is 9.29. The van der Waals surface area contributed by atoms with E-state index in [1.807, 2.05) is 80.7 Å². The van der Waals surface area contributed by atoms with Crippen LogP contribution in [-0.4, -0.2) is 36.4 Å². The molecule has 0 atom stereocenters. The van der Waals surface area contributed by atoms with Gasteiger partial charge in [-0.25, -0.2) is 0 Å². The molecule has 1 N–H and O–H groups in total. The van der Waals surface area contributed by atoms with Crippen LogP contribution in [0.15, 0.2) is 83.4 Å². The van der Waals surface area contributed by atoms with E-state index in [-0.39, 0.29) is 0 Å². The Kier molecular flexibility index (Phi) is 6.03. The van der Waals surface area contributed by atoms with Gasteiger partial charge in [0.1, 0.15) is 23.7 Å². The van der Waals surface area contributed by atoms with Crippen LogP contribution in [0.5, 0.6) is 5.75 Å². The number of ether oxygens (including phenoxy) is 1. The number of aromatic nitrogens is 1. The van der Waals surface area contributed by atoms with Crippen LogP contribution < -0.4 is 9.64 Å². The third-order valence-electron chi connectivity index (χ3n) is 6.73. The molecule has 1 aromatic heterocycles. The second-order valence-corrected chi connectivity index (χ2v) is 9.07. The van der Waals surface area contributed by atoms with E-state index in [0.29, 0.717) is 26.0 Å². The minimum Gasteiger partial charge on any atom is -0.492 e. The van der Waals surface area contributed by atoms with E-state index in [2.05, 4.69) is 22.2 Å². The van der Waals surface area contributed by atoms with Gasteiger partial charge < -0.3 is 19.3 Å². The lowest BCUT2D eigenvalue weighted by molar-refractivity contribution is -0.140. The Morgan fingerprint density at radius 3 is 2.17 bits per heavy atom. The molecule has 0 aliphatic heterocycles. The first-order valence-electron chi connectivity index (χ1n) is 11.8. The molecule has 0 spiro atoms. The maximum Gasteiger partial charge on any atom is 0.314 e. The number of rotatable bonds is 9. The molecular formula is C29H28N2O4. The molecule has 1 aliphatic rings. The quantitative estimate of drug-likeness (QED) is 0.327. The van der Waals surface area contributed by atoms with Crippen LogP contribution in [0.2, 0.25) is 0 Å². The van der Waals surface area contributed by atoms with E-state index < -0.39 is 11.4 Å². The molecule has 3 aromatic carbocycles. The average Bonchev–Trinajstić information content (AvgIpc) is 3.61. The fourth-order valence-corrected chi connectivity index (χ4v) is 4.48. The Morgan fingerprint density at radius 2 is 1.57 bits per heavy atom. The highest BCUT2D eigenvalue weighted by molar-refractivity contribution is 5.85. The van der Waals surface area contributed by atoms with Crippen LogP contribution >= 0.6 is 0 Å². The normalized spacial score (nSPS) is 13.9. The lowest BCUT2D eigenvalue weighted by atomic mass is 9.93. The number of para-hydroxylation sites is 1. The van der Waals surface area contributed by atoms with Crippen LogP contribution in [0, 0.1) is 6.92 Å². The third-order valence-corrected chi connectivity index (χ3v) is 6.73. The predicted octanol–water partition coefficient (Wildman–Crippen LogP) is 5.95. The highest BCUT2D eigenvalue weighted by Crippen LogP contribution is 2.48. The average molecular weight is 469 g/mol. The molecule has 0 amide bonds. The molecular weight excluding hydrogens is 440 g/mol. The third kappa shape index (κ3) is 4.52. The molecule has 1 fully saturated rings. The van der Waals surface area contributed by atoms with Crippen LogP contribution in [0.1, 0.15) is 24.1 Å². The number of hydrogen-bond donors (Lipinski definition) is 1. The summed E-state index contributed by atoms with van der Waals surface area (Å²) in [4.78, 5) is 13.7. The second-order valence-electron chi connectivity index (χ2n) is 9.07. The van der Waals surface area contributed by atoms with Crippen molar-refractivity contribution in [2.45, 2.75) is 25.2 Å². The number of carboxylic acid groups (broad SMARTS) is 1. The van der Waals surface area contributed by atoms with Crippen molar-refractivity contribution in [2.24, 2.45) is 0 Å². The Morgan fingerprint density at radius 1 is 0.971 bits per heavy atom. The highest BCUT2D eigenvalue weighted by atomic mass is 16.5. The van der Waals surface area contributed by atoms with Crippen molar-refractivity contribution in [3.05, 3.63) is 90.1 Å². The van der Waals surface area contributed by atoms with Crippen LogP contribution in [0.3, 0.4) is 0 Å². The summed E-state index contributed by atoms with van der Waals surface area (Å²) >= 11 is 0. The van der Waals surface area contributed by atoms with Crippen molar-refractivity contribution in [3.63, 3.8) is 0 Å². The molecule has 178 valence electrons. The van der Waals surface area contributed by atoms with Gasteiger partial charge >= 0.3 is 5.97 Å². The lowest BCUT2D eigenvalue weighted by Crippen LogP contribution is -2.24. The van der Waals surface area contributed by atoms with Crippen molar-refractivity contribution in [2.75, 3.05) is 25.1 Å². The maximum atomic E-state index is 11.6. The minimum absolute atomic E-state index is 0.544. The van der Waals surface area contributed by atoms with Crippen LogP contribution in [0.4, 0.5) is 5.69 Å². The molecule has 35 heavy (non-hydrogen) atoms. The highest BCUT2D eigenvalue weighted by Gasteiger charge is 2.51. The molecule has 1 saturated carbocycles. The van der Waals surface area contributed by atoms with Gasteiger partial charge in [0.25, 0.3) is 0 Å². The van der Waals surface area contributed by atoms with Gasteiger partial charge in [-0.2, -0.15) is 0 Å². The van der Waals surface area contributed by atoms with Gasteiger partial charge in [-0.05, 0) is 48.6 Å². The van der Waals surface area contributed by atoms with Crippen molar-refractivity contribution in [1.29, 1.82) is 0 Å². The summed E-state index contributed by atoms with van der Waals surface area (Å²) in [5.41, 5.74) is 5.03. The van der Waals surface area contributed by atoms with E-state index >= 15 is 0 Å². The van der Waals surface area contributed by atoms with E-state index in [4.69, 9.17) is 9.26 Å². The number of likely N-dealkylation sites (N-methyl/N-ethyl adjacent to an activating group) is 1. The standard InChI is InChI=1S/C29H28N2O4/c1-20-26(31(2)18-19-34-25-6-4-3-5-7-25)27(35-30-20)23-10-8-21(9-11-23)22-12-14-24(15-13-22)29(16-17-29)28(32)33/h3-15H,16-19H2,1-2H3,(H,32,33). The Balaban J connectivity index is 1.29. The molecule has 1 aliphatic carbocycles. The van der Waals surface area contributed by atoms with Crippen LogP contribution in [-0.2, 0) is 10.2 Å². The molecule has 1 heterocycles. The summed E-state index contributed by atoms with van der Waals surface area (Å²) in [5.74, 6) is 0.843. The first-order chi connectivity index (χ1) is 17.0. The number of anilines is 1. The number of nitrogens with zero attached hydrogens (tertiary/aromatic N) is 2. The van der Waals surface area contributed by atoms with E-state index in [1.165, 1.54) is 0 Å². The van der Waals surface area contributed by atoms with Gasteiger partial charge in [-0.3, -0.25) is 4.79 Å². The SMILES string of the molecule is Cc1noc(-c2ccc(-c3ccc(C4(C(=O)O)CC4)cc3)cc2)c1N(C)CCOc1ccccc1. The number of hydrogen-bond acceptors (Lipinski definition) is 5. The van der Waals surface area contributed by atoms with Gasteiger partial charge in [0.15, 0.2) is 5.76 Å². The number of aryl methyl sites for hydroxylation is 1. The molecule has 6 nitrogen and oxygen atoms in total. The lowest BCUT2D eigenvalue weighted by Gasteiger charge is -2.19. The van der Waals surface area contributed by atoms with Crippen molar-refractivity contribution >= 4 is 11.7 Å². The van der Waals surface area contributed by atoms with Gasteiger partial charge in [-0.1, -0.05) is 71.9 Å². The minimum atomic E-state index is -0.732. The van der Waals surface area contributed by atoms with Crippen molar-refractivity contribution in [3.8, 4) is 28.2 Å². The molecule has 0 radical (unpaired) electrons. The summed E-state index contributed by atoms with van der Waals surface area (Å²) < 4.78 is 11.6. The number of aliphatic carboxylic acids is 1. The largest absolute Gasteiger partial charge is 0.492 e. The zero-order chi connectivity index (χ0) is 24.4. The Hall–Kier alpha value is -4.06. The van der Waals surface area contributed by atoms with Gasteiger partial charge in [-0.15, -0.1) is 0 Å². The Bertz CT molecular complexity index is 1310. The summed E-state index contributed by atoms with van der Waals surface area (Å²) in [6, 6.07) is 25.8. The first kappa shape index (κ1) is 22.7. The van der Waals surface area contributed by atoms with Gasteiger partial charge in [0.2, 0.25) is 0 Å². The summed E-state index contributed by atoms with van der Waals surface area (Å²) in [6.07, 6.45) is 1.42. The summed E-state index contributed by atoms with van der Waals surface area (Å²) in [7, 11) is 2.01. The van der Waals surface area contributed by atoms with E-state index in [0.717, 1.165) is 45.1 Å². The molecule has 0 bridgehead atoms. The number of carboxylic acids is 1. The van der Waals surface area contributed by atoms with Gasteiger partial charge in [0, 0.05) is 12.6 Å². The van der Waals surface area contributed by atoms with Crippen molar-refractivity contribution in [1.82, 2.24) is 5.16 Å². The zero-order valence-electron chi connectivity index (χ0n) is 19.9. The van der Waals surface area contributed by atoms with Crippen LogP contribution in [0.25, 0.3) is 22.5 Å². The number of benzene rings is 3. The monoisotopic (exact) mass is 468 g/mol. The molecule has 0 unspecified atom stereocenters. The molecule has 0 saturated heterocycles. The summed E-state index contributed by atoms with van der Waals surface area (Å²) in [5, 5.41) is 13.7. The molecule has 6 heteroatoms. The molecule has 5 rings (SSSR count). The Labute approximate surface area is 204 Å². The maximum absolute atomic E-state index is 11.6. The topological polar surface area (TPSA) is 75.8 Å². The zero-order valence-corrected chi connectivity index (χ0v) is 19.9. The van der Waals surface area contributed by atoms with E-state index in [1.54, 1.807) is 0 Å².